The number of alkyl halides is 2. The minimum Gasteiger partial charge on any atom is -0.434 e. The number of carbonyl (C=O) groups is 1. The number of anilines is 1. The zero-order valence-corrected chi connectivity index (χ0v) is 22.4. The van der Waals surface area contributed by atoms with Crippen molar-refractivity contribution < 1.29 is 27.4 Å². The van der Waals surface area contributed by atoms with E-state index in [4.69, 9.17) is 15.9 Å². The van der Waals surface area contributed by atoms with Gasteiger partial charge >= 0.3 is 6.61 Å². The third-order valence-electron chi connectivity index (χ3n) is 7.41. The number of nitrogens with two attached hydrogens (primary N) is 1. The van der Waals surface area contributed by atoms with Crippen molar-refractivity contribution in [2.75, 3.05) is 18.1 Å². The summed E-state index contributed by atoms with van der Waals surface area (Å²) in [4.78, 5) is 15.4. The van der Waals surface area contributed by atoms with Gasteiger partial charge in [-0.25, -0.2) is 4.39 Å². The number of Topliss-reactive ketones (excluding diaryl/α,β-unsaturated/α-hetero) is 1. The maximum absolute atomic E-state index is 14.6. The van der Waals surface area contributed by atoms with Crippen molar-refractivity contribution in [1.82, 2.24) is 0 Å². The lowest BCUT2D eigenvalue weighted by atomic mass is 9.94. The smallest absolute Gasteiger partial charge is 0.387 e. The molecule has 2 aromatic carbocycles. The SMILES string of the molecule is CCCC1CC(OCC(C(=O)C2CC2)=C(N)c2ccccc2OC(F)F)CCN1c1ccc(C(C)=N)c(F)c1. The molecule has 0 amide bonds. The van der Waals surface area contributed by atoms with Gasteiger partial charge in [0.25, 0.3) is 0 Å². The van der Waals surface area contributed by atoms with Gasteiger partial charge in [0.05, 0.1) is 18.4 Å². The lowest BCUT2D eigenvalue weighted by molar-refractivity contribution is -0.117. The van der Waals surface area contributed by atoms with E-state index >= 15 is 0 Å². The first-order chi connectivity index (χ1) is 18.7. The normalized spacial score (nSPS) is 20.1. The van der Waals surface area contributed by atoms with Gasteiger partial charge in [0.2, 0.25) is 0 Å². The summed E-state index contributed by atoms with van der Waals surface area (Å²) in [5, 5.41) is 7.74. The summed E-state index contributed by atoms with van der Waals surface area (Å²) in [5.74, 6) is -0.728. The molecule has 2 unspecified atom stereocenters. The molecule has 210 valence electrons. The summed E-state index contributed by atoms with van der Waals surface area (Å²) in [6.45, 7) is 1.27. The maximum Gasteiger partial charge on any atom is 0.387 e. The Kier molecular flexibility index (Phi) is 9.32. The van der Waals surface area contributed by atoms with Crippen LogP contribution < -0.4 is 15.4 Å². The molecule has 2 fully saturated rings. The van der Waals surface area contributed by atoms with E-state index < -0.39 is 12.4 Å². The number of benzene rings is 2. The average Bonchev–Trinajstić information content (AvgIpc) is 3.74. The quantitative estimate of drug-likeness (QED) is 0.242. The monoisotopic (exact) mass is 543 g/mol. The molecule has 0 bridgehead atoms. The predicted molar refractivity (Wildman–Crippen MR) is 146 cm³/mol. The van der Waals surface area contributed by atoms with E-state index in [1.54, 1.807) is 31.2 Å². The lowest BCUT2D eigenvalue weighted by Crippen LogP contribution is -2.45. The van der Waals surface area contributed by atoms with E-state index in [9.17, 15) is 18.0 Å². The van der Waals surface area contributed by atoms with E-state index in [0.717, 1.165) is 31.4 Å². The molecule has 0 spiro atoms. The van der Waals surface area contributed by atoms with Crippen molar-refractivity contribution in [2.45, 2.75) is 71.1 Å². The third-order valence-corrected chi connectivity index (χ3v) is 7.41. The summed E-state index contributed by atoms with van der Waals surface area (Å²) in [5.41, 5.74) is 8.30. The van der Waals surface area contributed by atoms with Gasteiger partial charge in [-0.05, 0) is 69.4 Å². The van der Waals surface area contributed by atoms with Crippen LogP contribution in [0, 0.1) is 17.1 Å². The number of carbonyl (C=O) groups excluding carboxylic acids is 1. The van der Waals surface area contributed by atoms with Crippen LogP contribution in [0.3, 0.4) is 0 Å². The van der Waals surface area contributed by atoms with E-state index in [0.29, 0.717) is 24.9 Å². The Morgan fingerprint density at radius 2 is 1.90 bits per heavy atom. The molecule has 4 rings (SSSR count). The van der Waals surface area contributed by atoms with Gasteiger partial charge in [-0.1, -0.05) is 25.5 Å². The van der Waals surface area contributed by atoms with Crippen LogP contribution in [-0.2, 0) is 9.53 Å². The zero-order valence-electron chi connectivity index (χ0n) is 22.4. The van der Waals surface area contributed by atoms with Crippen LogP contribution >= 0.6 is 0 Å². The molecule has 2 aliphatic rings. The summed E-state index contributed by atoms with van der Waals surface area (Å²) in [6.07, 6.45) is 4.58. The largest absolute Gasteiger partial charge is 0.434 e. The fourth-order valence-corrected chi connectivity index (χ4v) is 5.22. The van der Waals surface area contributed by atoms with Crippen LogP contribution in [-0.4, -0.2) is 43.4 Å². The molecule has 1 heterocycles. The van der Waals surface area contributed by atoms with Crippen LogP contribution in [0.2, 0.25) is 0 Å². The second kappa shape index (κ2) is 12.7. The first-order valence-corrected chi connectivity index (χ1v) is 13.5. The Morgan fingerprint density at radius 1 is 1.15 bits per heavy atom. The Morgan fingerprint density at radius 3 is 2.54 bits per heavy atom. The fraction of sp³-hybridized carbons (Fsp3) is 0.467. The number of ketones is 1. The summed E-state index contributed by atoms with van der Waals surface area (Å²) >= 11 is 0. The molecule has 1 saturated heterocycles. The number of nitrogens with zero attached hydrogens (tertiary/aromatic N) is 1. The number of rotatable bonds is 12. The van der Waals surface area contributed by atoms with Crippen molar-refractivity contribution in [2.24, 2.45) is 11.7 Å². The van der Waals surface area contributed by atoms with Gasteiger partial charge in [0, 0.05) is 46.6 Å². The predicted octanol–water partition coefficient (Wildman–Crippen LogP) is 6.32. The summed E-state index contributed by atoms with van der Waals surface area (Å²) < 4.78 is 51.5. The number of piperidine rings is 1. The van der Waals surface area contributed by atoms with Gasteiger partial charge in [0.1, 0.15) is 11.6 Å². The van der Waals surface area contributed by atoms with E-state index in [2.05, 4.69) is 16.6 Å². The third kappa shape index (κ3) is 7.01. The molecular formula is C30H36F3N3O3. The van der Waals surface area contributed by atoms with Gasteiger partial charge in [-0.15, -0.1) is 0 Å². The Bertz CT molecular complexity index is 1230. The molecule has 3 N–H and O–H groups in total. The highest BCUT2D eigenvalue weighted by Gasteiger charge is 2.35. The van der Waals surface area contributed by atoms with Crippen molar-refractivity contribution >= 4 is 22.9 Å². The number of nitrogens with one attached hydrogen (secondary N) is 1. The minimum atomic E-state index is -3.02. The van der Waals surface area contributed by atoms with Gasteiger partial charge in [-0.3, -0.25) is 4.79 Å². The lowest BCUT2D eigenvalue weighted by Gasteiger charge is -2.41. The fourth-order valence-electron chi connectivity index (χ4n) is 5.22. The Hall–Kier alpha value is -3.33. The number of para-hydroxylation sites is 1. The van der Waals surface area contributed by atoms with Crippen LogP contribution in [0.25, 0.3) is 5.70 Å². The van der Waals surface area contributed by atoms with Gasteiger partial charge in [-0.2, -0.15) is 8.78 Å². The number of ether oxygens (including phenoxy) is 2. The van der Waals surface area contributed by atoms with E-state index in [1.807, 2.05) is 6.07 Å². The zero-order chi connectivity index (χ0) is 28.1. The summed E-state index contributed by atoms with van der Waals surface area (Å²) in [6, 6.07) is 11.3. The molecule has 9 heteroatoms. The van der Waals surface area contributed by atoms with Crippen LogP contribution in [0.4, 0.5) is 18.9 Å². The second-order valence-electron chi connectivity index (χ2n) is 10.3. The van der Waals surface area contributed by atoms with E-state index in [1.165, 1.54) is 12.1 Å². The number of halogens is 3. The standard InChI is InChI=1S/C30H36F3N3O3/c1-3-6-20-15-22(13-14-36(20)21-11-12-23(18(2)34)26(31)16-21)38-17-25(29(37)19-9-10-19)28(35)24-7-4-5-8-27(24)39-30(32)33/h4-5,7-8,11-12,16,19-20,22,30,34H,3,6,9-10,13-15,17,35H2,1-2H3. The van der Waals surface area contributed by atoms with Crippen LogP contribution in [0.15, 0.2) is 48.0 Å². The first kappa shape index (κ1) is 28.7. The molecule has 1 aliphatic heterocycles. The Balaban J connectivity index is 1.51. The average molecular weight is 544 g/mol. The highest BCUT2D eigenvalue weighted by Crippen LogP contribution is 2.36. The Labute approximate surface area is 227 Å². The second-order valence-corrected chi connectivity index (χ2v) is 10.3. The molecular weight excluding hydrogens is 507 g/mol. The molecule has 2 aromatic rings. The minimum absolute atomic E-state index is 0.0182. The van der Waals surface area contributed by atoms with E-state index in [-0.39, 0.29) is 58.7 Å². The molecule has 0 radical (unpaired) electrons. The molecule has 1 saturated carbocycles. The maximum atomic E-state index is 14.6. The van der Waals surface area contributed by atoms with Gasteiger partial charge < -0.3 is 25.5 Å². The van der Waals surface area contributed by atoms with Crippen LogP contribution in [0.5, 0.6) is 5.75 Å². The number of hydrogen-bond acceptors (Lipinski definition) is 6. The molecule has 1 aliphatic carbocycles. The van der Waals surface area contributed by atoms with Crippen molar-refractivity contribution in [1.29, 1.82) is 5.41 Å². The first-order valence-electron chi connectivity index (χ1n) is 13.5. The highest BCUT2D eigenvalue weighted by atomic mass is 19.3. The summed E-state index contributed by atoms with van der Waals surface area (Å²) in [7, 11) is 0. The number of hydrogen-bond donors (Lipinski definition) is 2. The van der Waals surface area contributed by atoms with Crippen molar-refractivity contribution in [3.05, 3.63) is 65.0 Å². The van der Waals surface area contributed by atoms with Crippen molar-refractivity contribution in [3.8, 4) is 5.75 Å². The highest BCUT2D eigenvalue weighted by molar-refractivity contribution is 6.05. The van der Waals surface area contributed by atoms with Gasteiger partial charge in [0.15, 0.2) is 5.78 Å². The van der Waals surface area contributed by atoms with Crippen LogP contribution in [0.1, 0.15) is 63.5 Å². The topological polar surface area (TPSA) is 88.6 Å². The molecule has 0 aromatic heterocycles. The molecule has 39 heavy (non-hydrogen) atoms. The van der Waals surface area contributed by atoms with Crippen molar-refractivity contribution in [3.63, 3.8) is 0 Å². The molecule has 2 atom stereocenters. The molecule has 6 nitrogen and oxygen atoms in total.